The Balaban J connectivity index is 1.89. The second kappa shape index (κ2) is 7.90. The molecule has 6 nitrogen and oxygen atoms in total. The van der Waals surface area contributed by atoms with Crippen molar-refractivity contribution in [2.75, 3.05) is 19.5 Å². The lowest BCUT2D eigenvalue weighted by atomic mass is 10.0. The lowest BCUT2D eigenvalue weighted by Gasteiger charge is -2.26. The van der Waals surface area contributed by atoms with Crippen LogP contribution < -0.4 is 15.6 Å². The first kappa shape index (κ1) is 19.7. The van der Waals surface area contributed by atoms with Crippen molar-refractivity contribution in [3.8, 4) is 5.75 Å². The zero-order valence-corrected chi connectivity index (χ0v) is 16.3. The van der Waals surface area contributed by atoms with E-state index in [-0.39, 0.29) is 16.6 Å². The van der Waals surface area contributed by atoms with Crippen molar-refractivity contribution in [3.63, 3.8) is 0 Å². The minimum atomic E-state index is -0.559. The van der Waals surface area contributed by atoms with E-state index in [2.05, 4.69) is 10.3 Å². The SMILES string of the molecule is COc1ccc2c([C@H](C)N(C)C(=O)Nc3ccc(F)c(Cl)c3)c[nH]c(=O)c2c1. The van der Waals surface area contributed by atoms with Crippen molar-refractivity contribution in [1.82, 2.24) is 9.88 Å². The second-order valence-electron chi connectivity index (χ2n) is 6.33. The normalized spacial score (nSPS) is 11.9. The second-order valence-corrected chi connectivity index (χ2v) is 6.74. The Morgan fingerprint density at radius 2 is 2.00 bits per heavy atom. The third-order valence-electron chi connectivity index (χ3n) is 4.66. The molecule has 0 unspecified atom stereocenters. The molecule has 1 aromatic heterocycles. The van der Waals surface area contributed by atoms with Crippen LogP contribution in [0.3, 0.4) is 0 Å². The quantitative estimate of drug-likeness (QED) is 0.670. The summed E-state index contributed by atoms with van der Waals surface area (Å²) in [7, 11) is 3.16. The van der Waals surface area contributed by atoms with Gasteiger partial charge in [0, 0.05) is 18.9 Å². The number of carbonyl (C=O) groups is 1. The zero-order chi connectivity index (χ0) is 20.4. The first-order chi connectivity index (χ1) is 13.3. The molecular formula is C20H19ClFN3O3. The maximum atomic E-state index is 13.3. The van der Waals surface area contributed by atoms with E-state index in [1.54, 1.807) is 31.4 Å². The number of nitrogens with one attached hydrogen (secondary N) is 2. The number of aromatic amines is 1. The third kappa shape index (κ3) is 3.80. The highest BCUT2D eigenvalue weighted by Gasteiger charge is 2.21. The highest BCUT2D eigenvalue weighted by atomic mass is 35.5. The van der Waals surface area contributed by atoms with Gasteiger partial charge < -0.3 is 19.9 Å². The van der Waals surface area contributed by atoms with Gasteiger partial charge in [0.05, 0.1) is 23.6 Å². The van der Waals surface area contributed by atoms with Gasteiger partial charge in [0.15, 0.2) is 0 Å². The van der Waals surface area contributed by atoms with Gasteiger partial charge in [-0.3, -0.25) is 4.79 Å². The molecule has 0 spiro atoms. The molecule has 3 rings (SSSR count). The van der Waals surface area contributed by atoms with Crippen LogP contribution in [-0.4, -0.2) is 30.1 Å². The summed E-state index contributed by atoms with van der Waals surface area (Å²) in [6.07, 6.45) is 1.60. The summed E-state index contributed by atoms with van der Waals surface area (Å²) in [4.78, 5) is 29.0. The fraction of sp³-hybridized carbons (Fsp3) is 0.200. The molecule has 2 amide bonds. The van der Waals surface area contributed by atoms with E-state index in [4.69, 9.17) is 16.3 Å². The summed E-state index contributed by atoms with van der Waals surface area (Å²) in [5, 5.41) is 3.81. The van der Waals surface area contributed by atoms with E-state index in [0.717, 1.165) is 10.9 Å². The van der Waals surface area contributed by atoms with Crippen LogP contribution in [0.5, 0.6) is 5.75 Å². The molecule has 3 aromatic rings. The molecule has 0 aliphatic rings. The number of H-pyrrole nitrogens is 1. The van der Waals surface area contributed by atoms with Gasteiger partial charge in [0.1, 0.15) is 11.6 Å². The fourth-order valence-corrected chi connectivity index (χ4v) is 3.08. The van der Waals surface area contributed by atoms with Gasteiger partial charge in [-0.05, 0) is 48.2 Å². The third-order valence-corrected chi connectivity index (χ3v) is 4.95. The summed E-state index contributed by atoms with van der Waals surface area (Å²) in [6, 6.07) is 8.41. The van der Waals surface area contributed by atoms with Crippen LogP contribution in [0.1, 0.15) is 18.5 Å². The predicted molar refractivity (Wildman–Crippen MR) is 108 cm³/mol. The van der Waals surface area contributed by atoms with Gasteiger partial charge in [-0.2, -0.15) is 0 Å². The summed E-state index contributed by atoms with van der Waals surface area (Å²) in [6.45, 7) is 1.84. The Bertz CT molecular complexity index is 1100. The number of pyridine rings is 1. The van der Waals surface area contributed by atoms with E-state index in [0.29, 0.717) is 16.8 Å². The molecule has 0 aliphatic heterocycles. The Hall–Kier alpha value is -3.06. The molecule has 0 saturated heterocycles. The van der Waals surface area contributed by atoms with Gasteiger partial charge in [-0.25, -0.2) is 9.18 Å². The Morgan fingerprint density at radius 1 is 1.25 bits per heavy atom. The van der Waals surface area contributed by atoms with Gasteiger partial charge in [0.2, 0.25) is 0 Å². The Labute approximate surface area is 165 Å². The van der Waals surface area contributed by atoms with Crippen molar-refractivity contribution in [3.05, 3.63) is 69.4 Å². The van der Waals surface area contributed by atoms with Gasteiger partial charge in [-0.1, -0.05) is 17.7 Å². The monoisotopic (exact) mass is 403 g/mol. The highest BCUT2D eigenvalue weighted by Crippen LogP contribution is 2.28. The lowest BCUT2D eigenvalue weighted by molar-refractivity contribution is 0.208. The molecule has 2 N–H and O–H groups in total. The smallest absolute Gasteiger partial charge is 0.322 e. The largest absolute Gasteiger partial charge is 0.497 e. The van der Waals surface area contributed by atoms with Crippen LogP contribution in [-0.2, 0) is 0 Å². The average molecular weight is 404 g/mol. The summed E-state index contributed by atoms with van der Waals surface area (Å²) in [5.41, 5.74) is 0.913. The number of halogens is 2. The van der Waals surface area contributed by atoms with Crippen molar-refractivity contribution in [2.45, 2.75) is 13.0 Å². The standard InChI is InChI=1S/C20H19ClFN3O3/c1-11(25(2)20(27)24-12-4-7-18(22)17(21)8-12)16-10-23-19(26)15-9-13(28-3)5-6-14(15)16/h4-11H,1-3H3,(H,23,26)(H,24,27)/t11-/m0/s1. The number of anilines is 1. The number of fused-ring (bicyclic) bond motifs is 1. The van der Waals surface area contributed by atoms with Crippen molar-refractivity contribution in [1.29, 1.82) is 0 Å². The number of hydrogen-bond donors (Lipinski definition) is 2. The molecule has 8 heteroatoms. The first-order valence-electron chi connectivity index (χ1n) is 8.50. The van der Waals surface area contributed by atoms with Gasteiger partial charge in [0.25, 0.3) is 5.56 Å². The molecule has 0 bridgehead atoms. The van der Waals surface area contributed by atoms with Gasteiger partial charge >= 0.3 is 6.03 Å². The van der Waals surface area contributed by atoms with Crippen LogP contribution >= 0.6 is 11.6 Å². The number of ether oxygens (including phenoxy) is 1. The molecular weight excluding hydrogens is 385 g/mol. The van der Waals surface area contributed by atoms with E-state index >= 15 is 0 Å². The summed E-state index contributed by atoms with van der Waals surface area (Å²) >= 11 is 5.76. The topological polar surface area (TPSA) is 74.4 Å². The molecule has 2 aromatic carbocycles. The number of nitrogens with zero attached hydrogens (tertiary/aromatic N) is 1. The number of hydrogen-bond acceptors (Lipinski definition) is 3. The molecule has 0 saturated carbocycles. The molecule has 0 fully saturated rings. The minimum absolute atomic E-state index is 0.0749. The molecule has 146 valence electrons. The number of urea groups is 1. The highest BCUT2D eigenvalue weighted by molar-refractivity contribution is 6.31. The number of rotatable bonds is 4. The van der Waals surface area contributed by atoms with Crippen molar-refractivity contribution < 1.29 is 13.9 Å². The predicted octanol–water partition coefficient (Wildman–Crippen LogP) is 4.55. The van der Waals surface area contributed by atoms with Crippen molar-refractivity contribution >= 4 is 34.1 Å². The zero-order valence-electron chi connectivity index (χ0n) is 15.5. The van der Waals surface area contributed by atoms with Gasteiger partial charge in [-0.15, -0.1) is 0 Å². The Morgan fingerprint density at radius 3 is 2.68 bits per heavy atom. The molecule has 1 atom stereocenters. The van der Waals surface area contributed by atoms with E-state index in [9.17, 15) is 14.0 Å². The first-order valence-corrected chi connectivity index (χ1v) is 8.88. The van der Waals surface area contributed by atoms with Crippen LogP contribution in [0.2, 0.25) is 5.02 Å². The van der Waals surface area contributed by atoms with Crippen LogP contribution in [0.25, 0.3) is 10.8 Å². The maximum absolute atomic E-state index is 13.3. The van der Waals surface area contributed by atoms with Crippen LogP contribution in [0.15, 0.2) is 47.4 Å². The van der Waals surface area contributed by atoms with Crippen LogP contribution in [0.4, 0.5) is 14.9 Å². The minimum Gasteiger partial charge on any atom is -0.497 e. The van der Waals surface area contributed by atoms with E-state index in [1.165, 1.54) is 30.2 Å². The summed E-state index contributed by atoms with van der Waals surface area (Å²) < 4.78 is 18.5. The fourth-order valence-electron chi connectivity index (χ4n) is 2.90. The number of benzene rings is 2. The molecule has 28 heavy (non-hydrogen) atoms. The lowest BCUT2D eigenvalue weighted by Crippen LogP contribution is -2.34. The Kier molecular flexibility index (Phi) is 5.56. The maximum Gasteiger partial charge on any atom is 0.322 e. The van der Waals surface area contributed by atoms with E-state index < -0.39 is 11.8 Å². The molecule has 1 heterocycles. The number of amides is 2. The average Bonchev–Trinajstić information content (AvgIpc) is 2.69. The summed E-state index contributed by atoms with van der Waals surface area (Å²) in [5.74, 6) is 0.0126. The number of methoxy groups -OCH3 is 1. The number of aromatic nitrogens is 1. The molecule has 0 aliphatic carbocycles. The van der Waals surface area contributed by atoms with Crippen molar-refractivity contribution in [2.24, 2.45) is 0 Å². The number of carbonyl (C=O) groups excluding carboxylic acids is 1. The van der Waals surface area contributed by atoms with Crippen LogP contribution in [0, 0.1) is 5.82 Å². The van der Waals surface area contributed by atoms with E-state index in [1.807, 2.05) is 6.92 Å². The molecule has 0 radical (unpaired) electrons.